The molecule has 2 aromatic rings. The molecule has 3 N–H and O–H groups in total. The maximum atomic E-state index is 5.74. The molecule has 1 aromatic carbocycles. The van der Waals surface area contributed by atoms with Crippen LogP contribution in [0, 0.1) is 6.92 Å². The standard InChI is InChI=1S/C15H20N2O3S/c1-9-5-11(8-21-9)14(17-16)10-6-12(18-2)15(20-4)13(7-10)19-3/h5-8,14,17H,16H2,1-4H3. The second-order valence-electron chi connectivity index (χ2n) is 4.55. The number of ether oxygens (including phenoxy) is 3. The first-order chi connectivity index (χ1) is 10.1. The van der Waals surface area contributed by atoms with E-state index in [0.29, 0.717) is 17.2 Å². The number of hydrazine groups is 1. The molecule has 6 heteroatoms. The first-order valence-corrected chi connectivity index (χ1v) is 7.33. The summed E-state index contributed by atoms with van der Waals surface area (Å²) < 4.78 is 16.1. The van der Waals surface area contributed by atoms with E-state index in [1.807, 2.05) is 12.1 Å². The third-order valence-corrected chi connectivity index (χ3v) is 4.15. The lowest BCUT2D eigenvalue weighted by atomic mass is 10.0. The zero-order valence-electron chi connectivity index (χ0n) is 12.6. The van der Waals surface area contributed by atoms with Crippen molar-refractivity contribution in [1.82, 2.24) is 5.43 Å². The van der Waals surface area contributed by atoms with E-state index in [2.05, 4.69) is 23.8 Å². The van der Waals surface area contributed by atoms with Crippen LogP contribution >= 0.6 is 11.3 Å². The summed E-state index contributed by atoms with van der Waals surface area (Å²) in [5.74, 6) is 7.53. The third kappa shape index (κ3) is 3.12. The number of rotatable bonds is 6. The molecule has 1 unspecified atom stereocenters. The van der Waals surface area contributed by atoms with Crippen LogP contribution in [0.25, 0.3) is 0 Å². The molecule has 0 spiro atoms. The van der Waals surface area contributed by atoms with E-state index < -0.39 is 0 Å². The van der Waals surface area contributed by atoms with Gasteiger partial charge in [0.25, 0.3) is 0 Å². The Kier molecular flexibility index (Phi) is 5.06. The van der Waals surface area contributed by atoms with Crippen molar-refractivity contribution in [2.24, 2.45) is 5.84 Å². The monoisotopic (exact) mass is 308 g/mol. The van der Waals surface area contributed by atoms with Gasteiger partial charge in [0.05, 0.1) is 27.4 Å². The number of hydrogen-bond acceptors (Lipinski definition) is 6. The summed E-state index contributed by atoms with van der Waals surface area (Å²) in [5, 5.41) is 2.09. The van der Waals surface area contributed by atoms with Gasteiger partial charge in [0.15, 0.2) is 11.5 Å². The minimum absolute atomic E-state index is 0.136. The van der Waals surface area contributed by atoms with E-state index in [9.17, 15) is 0 Å². The predicted molar refractivity (Wildman–Crippen MR) is 84.3 cm³/mol. The molecule has 5 nitrogen and oxygen atoms in total. The number of nitrogens with one attached hydrogen (secondary N) is 1. The van der Waals surface area contributed by atoms with Gasteiger partial charge < -0.3 is 14.2 Å². The zero-order chi connectivity index (χ0) is 15.4. The average molecular weight is 308 g/mol. The van der Waals surface area contributed by atoms with Crippen LogP contribution in [-0.2, 0) is 0 Å². The van der Waals surface area contributed by atoms with Crippen molar-refractivity contribution in [2.45, 2.75) is 13.0 Å². The highest BCUT2D eigenvalue weighted by molar-refractivity contribution is 7.10. The maximum Gasteiger partial charge on any atom is 0.203 e. The minimum Gasteiger partial charge on any atom is -0.493 e. The van der Waals surface area contributed by atoms with E-state index in [0.717, 1.165) is 11.1 Å². The van der Waals surface area contributed by atoms with Crippen molar-refractivity contribution in [1.29, 1.82) is 0 Å². The molecule has 0 saturated carbocycles. The Balaban J connectivity index is 2.51. The fourth-order valence-corrected chi connectivity index (χ4v) is 3.00. The normalized spacial score (nSPS) is 12.0. The molecule has 0 aliphatic carbocycles. The summed E-state index contributed by atoms with van der Waals surface area (Å²) in [7, 11) is 4.78. The number of aryl methyl sites for hydroxylation is 1. The highest BCUT2D eigenvalue weighted by atomic mass is 32.1. The molecule has 21 heavy (non-hydrogen) atoms. The largest absolute Gasteiger partial charge is 0.493 e. The van der Waals surface area contributed by atoms with Crippen molar-refractivity contribution in [3.05, 3.63) is 39.6 Å². The summed E-state index contributed by atoms with van der Waals surface area (Å²) in [6.45, 7) is 2.07. The molecule has 114 valence electrons. The Bertz CT molecular complexity index is 588. The van der Waals surface area contributed by atoms with Crippen molar-refractivity contribution in [3.8, 4) is 17.2 Å². The van der Waals surface area contributed by atoms with Crippen molar-refractivity contribution >= 4 is 11.3 Å². The zero-order valence-corrected chi connectivity index (χ0v) is 13.4. The van der Waals surface area contributed by atoms with Crippen molar-refractivity contribution in [3.63, 3.8) is 0 Å². The summed E-state index contributed by atoms with van der Waals surface area (Å²) in [6, 6.07) is 5.78. The summed E-state index contributed by atoms with van der Waals surface area (Å²) >= 11 is 1.69. The van der Waals surface area contributed by atoms with Crippen LogP contribution < -0.4 is 25.5 Å². The molecule has 2 rings (SSSR count). The Morgan fingerprint density at radius 2 is 1.62 bits per heavy atom. The van der Waals surface area contributed by atoms with Gasteiger partial charge in [-0.15, -0.1) is 11.3 Å². The summed E-state index contributed by atoms with van der Waals surface area (Å²) in [6.07, 6.45) is 0. The van der Waals surface area contributed by atoms with E-state index in [-0.39, 0.29) is 6.04 Å². The first kappa shape index (κ1) is 15.6. The van der Waals surface area contributed by atoms with E-state index in [1.54, 1.807) is 32.7 Å². The van der Waals surface area contributed by atoms with Gasteiger partial charge in [-0.05, 0) is 41.6 Å². The lowest BCUT2D eigenvalue weighted by molar-refractivity contribution is 0.323. The van der Waals surface area contributed by atoms with Gasteiger partial charge in [-0.3, -0.25) is 5.84 Å². The second-order valence-corrected chi connectivity index (χ2v) is 5.66. The highest BCUT2D eigenvalue weighted by Crippen LogP contribution is 2.40. The van der Waals surface area contributed by atoms with Gasteiger partial charge in [-0.2, -0.15) is 0 Å². The highest BCUT2D eigenvalue weighted by Gasteiger charge is 2.20. The number of nitrogens with two attached hydrogens (primary N) is 1. The van der Waals surface area contributed by atoms with Crippen molar-refractivity contribution < 1.29 is 14.2 Å². The smallest absolute Gasteiger partial charge is 0.203 e. The van der Waals surface area contributed by atoms with Crippen LogP contribution in [0.4, 0.5) is 0 Å². The molecule has 0 amide bonds. The van der Waals surface area contributed by atoms with Gasteiger partial charge in [0.1, 0.15) is 0 Å². The van der Waals surface area contributed by atoms with E-state index in [4.69, 9.17) is 20.1 Å². The predicted octanol–water partition coefficient (Wildman–Crippen LogP) is 2.64. The first-order valence-electron chi connectivity index (χ1n) is 6.45. The molecule has 0 bridgehead atoms. The summed E-state index contributed by atoms with van der Waals surface area (Å²) in [4.78, 5) is 1.23. The van der Waals surface area contributed by atoms with Gasteiger partial charge in [0, 0.05) is 4.88 Å². The van der Waals surface area contributed by atoms with Gasteiger partial charge in [-0.25, -0.2) is 5.43 Å². The molecule has 1 heterocycles. The molecule has 1 aromatic heterocycles. The molecule has 0 aliphatic rings. The fourth-order valence-electron chi connectivity index (χ4n) is 2.27. The van der Waals surface area contributed by atoms with Gasteiger partial charge in [0.2, 0.25) is 5.75 Å². The Morgan fingerprint density at radius 3 is 2.00 bits per heavy atom. The quantitative estimate of drug-likeness (QED) is 0.634. The van der Waals surface area contributed by atoms with Crippen LogP contribution in [0.1, 0.15) is 22.0 Å². The minimum atomic E-state index is -0.136. The summed E-state index contributed by atoms with van der Waals surface area (Å²) in [5.41, 5.74) is 4.90. The fraction of sp³-hybridized carbons (Fsp3) is 0.333. The van der Waals surface area contributed by atoms with Crippen LogP contribution in [0.2, 0.25) is 0 Å². The van der Waals surface area contributed by atoms with Crippen LogP contribution in [0.15, 0.2) is 23.6 Å². The molecule has 0 saturated heterocycles. The lowest BCUT2D eigenvalue weighted by Crippen LogP contribution is -2.28. The molecule has 0 radical (unpaired) electrons. The number of thiophene rings is 1. The molecule has 0 fully saturated rings. The Labute approximate surface area is 128 Å². The number of methoxy groups -OCH3 is 3. The Hall–Kier alpha value is -1.76. The van der Waals surface area contributed by atoms with Gasteiger partial charge in [-0.1, -0.05) is 0 Å². The molecular weight excluding hydrogens is 288 g/mol. The number of benzene rings is 1. The van der Waals surface area contributed by atoms with E-state index >= 15 is 0 Å². The Morgan fingerprint density at radius 1 is 1.00 bits per heavy atom. The van der Waals surface area contributed by atoms with Crippen LogP contribution in [0.3, 0.4) is 0 Å². The molecule has 1 atom stereocenters. The van der Waals surface area contributed by atoms with E-state index in [1.165, 1.54) is 4.88 Å². The van der Waals surface area contributed by atoms with Gasteiger partial charge >= 0.3 is 0 Å². The molecule has 0 aliphatic heterocycles. The third-order valence-electron chi connectivity index (χ3n) is 3.27. The van der Waals surface area contributed by atoms with Crippen molar-refractivity contribution in [2.75, 3.05) is 21.3 Å². The van der Waals surface area contributed by atoms with Crippen LogP contribution in [0.5, 0.6) is 17.2 Å². The number of hydrogen-bond donors (Lipinski definition) is 2. The molecular formula is C15H20N2O3S. The maximum absolute atomic E-state index is 5.74. The topological polar surface area (TPSA) is 65.7 Å². The SMILES string of the molecule is COc1cc(C(NN)c2csc(C)c2)cc(OC)c1OC. The second kappa shape index (κ2) is 6.80. The average Bonchev–Trinajstić information content (AvgIpc) is 2.93. The van der Waals surface area contributed by atoms with Crippen LogP contribution in [-0.4, -0.2) is 21.3 Å². The lowest BCUT2D eigenvalue weighted by Gasteiger charge is -2.19.